The molecule has 1 aromatic rings. The van der Waals surface area contributed by atoms with Crippen LogP contribution in [0, 0.1) is 12.8 Å². The number of aryl methyl sites for hydroxylation is 1. The monoisotopic (exact) mass is 288 g/mol. The summed E-state index contributed by atoms with van der Waals surface area (Å²) >= 11 is 0. The average Bonchev–Trinajstić information content (AvgIpc) is 2.49. The molecule has 0 aliphatic heterocycles. The van der Waals surface area contributed by atoms with Crippen LogP contribution in [0.5, 0.6) is 0 Å². The molecule has 0 aromatic heterocycles. The summed E-state index contributed by atoms with van der Waals surface area (Å²) in [5.74, 6) is 0.815. The highest BCUT2D eigenvalue weighted by Crippen LogP contribution is 2.29. The number of carbonyl (C=O) groups is 1. The van der Waals surface area contributed by atoms with Crippen LogP contribution in [-0.2, 0) is 0 Å². The van der Waals surface area contributed by atoms with E-state index in [1.165, 1.54) is 37.7 Å². The molecule has 0 bridgehead atoms. The SMILES string of the molecule is Cc1ccc(C(=O)N(C)C)cc1NC(C)C1CCCCC1. The third kappa shape index (κ3) is 3.99. The average molecular weight is 288 g/mol. The molecule has 21 heavy (non-hydrogen) atoms. The van der Waals surface area contributed by atoms with Gasteiger partial charge in [-0.05, 0) is 50.3 Å². The van der Waals surface area contributed by atoms with Crippen LogP contribution in [0.15, 0.2) is 18.2 Å². The Balaban J connectivity index is 2.11. The lowest BCUT2D eigenvalue weighted by Crippen LogP contribution is -2.28. The van der Waals surface area contributed by atoms with E-state index in [4.69, 9.17) is 0 Å². The zero-order chi connectivity index (χ0) is 15.4. The summed E-state index contributed by atoms with van der Waals surface area (Å²) in [6.07, 6.45) is 6.74. The van der Waals surface area contributed by atoms with Crippen LogP contribution in [-0.4, -0.2) is 30.9 Å². The van der Waals surface area contributed by atoms with Crippen molar-refractivity contribution in [2.45, 2.75) is 52.0 Å². The van der Waals surface area contributed by atoms with Gasteiger partial charge in [-0.3, -0.25) is 4.79 Å². The third-order valence-electron chi connectivity index (χ3n) is 4.63. The Morgan fingerprint density at radius 1 is 1.24 bits per heavy atom. The number of nitrogens with one attached hydrogen (secondary N) is 1. The number of hydrogen-bond acceptors (Lipinski definition) is 2. The van der Waals surface area contributed by atoms with Gasteiger partial charge < -0.3 is 10.2 Å². The lowest BCUT2D eigenvalue weighted by atomic mass is 9.84. The number of nitrogens with zero attached hydrogens (tertiary/aromatic N) is 1. The van der Waals surface area contributed by atoms with E-state index >= 15 is 0 Å². The van der Waals surface area contributed by atoms with E-state index in [0.717, 1.165) is 17.2 Å². The van der Waals surface area contributed by atoms with Gasteiger partial charge >= 0.3 is 0 Å². The highest BCUT2D eigenvalue weighted by molar-refractivity contribution is 5.95. The molecule has 1 amide bonds. The van der Waals surface area contributed by atoms with Crippen molar-refractivity contribution >= 4 is 11.6 Å². The number of benzene rings is 1. The van der Waals surface area contributed by atoms with Crippen molar-refractivity contribution in [2.24, 2.45) is 5.92 Å². The second kappa shape index (κ2) is 6.97. The molecule has 3 heteroatoms. The molecule has 1 fully saturated rings. The number of anilines is 1. The molecule has 116 valence electrons. The minimum atomic E-state index is 0.0587. The predicted molar refractivity (Wildman–Crippen MR) is 88.9 cm³/mol. The molecule has 1 unspecified atom stereocenters. The summed E-state index contributed by atoms with van der Waals surface area (Å²) in [4.78, 5) is 13.7. The number of hydrogen-bond donors (Lipinski definition) is 1. The molecule has 1 aliphatic carbocycles. The fraction of sp³-hybridized carbons (Fsp3) is 0.611. The normalized spacial score (nSPS) is 17.3. The highest BCUT2D eigenvalue weighted by atomic mass is 16.2. The number of amides is 1. The molecule has 3 nitrogen and oxygen atoms in total. The van der Waals surface area contributed by atoms with Gasteiger partial charge in [0.05, 0.1) is 0 Å². The van der Waals surface area contributed by atoms with Crippen molar-refractivity contribution in [1.29, 1.82) is 0 Å². The Morgan fingerprint density at radius 3 is 2.52 bits per heavy atom. The van der Waals surface area contributed by atoms with Crippen LogP contribution in [0.4, 0.5) is 5.69 Å². The van der Waals surface area contributed by atoms with Crippen molar-refractivity contribution < 1.29 is 4.79 Å². The van der Waals surface area contributed by atoms with Gasteiger partial charge in [-0.1, -0.05) is 25.3 Å². The van der Waals surface area contributed by atoms with Crippen LogP contribution >= 0.6 is 0 Å². The van der Waals surface area contributed by atoms with Gasteiger partial charge in [0.15, 0.2) is 0 Å². The fourth-order valence-electron chi connectivity index (χ4n) is 3.17. The van der Waals surface area contributed by atoms with Crippen LogP contribution < -0.4 is 5.32 Å². The van der Waals surface area contributed by atoms with E-state index in [1.807, 2.05) is 18.2 Å². The van der Waals surface area contributed by atoms with Gasteiger partial charge in [0.2, 0.25) is 0 Å². The molecular formula is C18H28N2O. The first-order chi connectivity index (χ1) is 9.99. The Morgan fingerprint density at radius 2 is 1.90 bits per heavy atom. The maximum atomic E-state index is 12.1. The molecule has 0 spiro atoms. The Kier molecular flexibility index (Phi) is 5.27. The molecule has 0 radical (unpaired) electrons. The van der Waals surface area contributed by atoms with Crippen molar-refractivity contribution in [2.75, 3.05) is 19.4 Å². The van der Waals surface area contributed by atoms with Gasteiger partial charge in [0.25, 0.3) is 5.91 Å². The summed E-state index contributed by atoms with van der Waals surface area (Å²) in [7, 11) is 3.58. The second-order valence-corrected chi connectivity index (χ2v) is 6.56. The van der Waals surface area contributed by atoms with E-state index in [0.29, 0.717) is 6.04 Å². The zero-order valence-electron chi connectivity index (χ0n) is 13.8. The smallest absolute Gasteiger partial charge is 0.253 e. The van der Waals surface area contributed by atoms with E-state index in [2.05, 4.69) is 19.2 Å². The first-order valence-electron chi connectivity index (χ1n) is 8.08. The van der Waals surface area contributed by atoms with E-state index in [-0.39, 0.29) is 5.91 Å². The Hall–Kier alpha value is -1.51. The summed E-state index contributed by atoms with van der Waals surface area (Å²) < 4.78 is 0. The van der Waals surface area contributed by atoms with Crippen molar-refractivity contribution in [1.82, 2.24) is 4.90 Å². The van der Waals surface area contributed by atoms with E-state index < -0.39 is 0 Å². The molecular weight excluding hydrogens is 260 g/mol. The zero-order valence-corrected chi connectivity index (χ0v) is 13.8. The first-order valence-corrected chi connectivity index (χ1v) is 8.08. The molecule has 1 atom stereocenters. The van der Waals surface area contributed by atoms with Gasteiger partial charge in [-0.15, -0.1) is 0 Å². The fourth-order valence-corrected chi connectivity index (χ4v) is 3.17. The molecule has 1 saturated carbocycles. The van der Waals surface area contributed by atoms with E-state index in [1.54, 1.807) is 19.0 Å². The van der Waals surface area contributed by atoms with Crippen molar-refractivity contribution in [3.05, 3.63) is 29.3 Å². The molecule has 0 saturated heterocycles. The lowest BCUT2D eigenvalue weighted by Gasteiger charge is -2.29. The van der Waals surface area contributed by atoms with E-state index in [9.17, 15) is 4.79 Å². The maximum Gasteiger partial charge on any atom is 0.253 e. The summed E-state index contributed by atoms with van der Waals surface area (Å²) in [6.45, 7) is 4.37. The predicted octanol–water partition coefficient (Wildman–Crippen LogP) is 4.08. The quantitative estimate of drug-likeness (QED) is 0.905. The molecule has 1 aromatic carbocycles. The maximum absolute atomic E-state index is 12.1. The van der Waals surface area contributed by atoms with Gasteiger partial charge in [0, 0.05) is 31.4 Å². The standard InChI is InChI=1S/C18H28N2O/c1-13-10-11-16(18(21)20(3)4)12-17(13)19-14(2)15-8-6-5-7-9-15/h10-12,14-15,19H,5-9H2,1-4H3. The van der Waals surface area contributed by atoms with Crippen LogP contribution in [0.25, 0.3) is 0 Å². The van der Waals surface area contributed by atoms with Gasteiger partial charge in [0.1, 0.15) is 0 Å². The highest BCUT2D eigenvalue weighted by Gasteiger charge is 2.20. The topological polar surface area (TPSA) is 32.3 Å². The lowest BCUT2D eigenvalue weighted by molar-refractivity contribution is 0.0827. The minimum absolute atomic E-state index is 0.0587. The van der Waals surface area contributed by atoms with Crippen molar-refractivity contribution in [3.63, 3.8) is 0 Å². The van der Waals surface area contributed by atoms with Crippen LogP contribution in [0.1, 0.15) is 54.9 Å². The molecule has 0 heterocycles. The van der Waals surface area contributed by atoms with Crippen LogP contribution in [0.3, 0.4) is 0 Å². The Bertz CT molecular complexity index is 490. The number of carbonyl (C=O) groups excluding carboxylic acids is 1. The minimum Gasteiger partial charge on any atom is -0.382 e. The second-order valence-electron chi connectivity index (χ2n) is 6.56. The third-order valence-corrected chi connectivity index (χ3v) is 4.63. The largest absolute Gasteiger partial charge is 0.382 e. The van der Waals surface area contributed by atoms with Crippen LogP contribution in [0.2, 0.25) is 0 Å². The molecule has 2 rings (SSSR count). The molecule has 1 aliphatic rings. The van der Waals surface area contributed by atoms with Crippen molar-refractivity contribution in [3.8, 4) is 0 Å². The Labute approximate surface area is 128 Å². The van der Waals surface area contributed by atoms with Gasteiger partial charge in [-0.2, -0.15) is 0 Å². The summed E-state index contributed by atoms with van der Waals surface area (Å²) in [6, 6.07) is 6.41. The summed E-state index contributed by atoms with van der Waals surface area (Å²) in [5, 5.41) is 3.64. The van der Waals surface area contributed by atoms with Gasteiger partial charge in [-0.25, -0.2) is 0 Å². The summed E-state index contributed by atoms with van der Waals surface area (Å²) in [5.41, 5.74) is 3.05. The first kappa shape index (κ1) is 15.9. The molecule has 1 N–H and O–H groups in total. The number of rotatable bonds is 4.